The molecule has 0 bridgehead atoms. The van der Waals surface area contributed by atoms with Crippen LogP contribution < -0.4 is 9.47 Å². The van der Waals surface area contributed by atoms with Gasteiger partial charge in [-0.05, 0) is 71.9 Å². The first kappa shape index (κ1) is 34.2. The van der Waals surface area contributed by atoms with Crippen molar-refractivity contribution in [2.24, 2.45) is 0 Å². The molecule has 4 nitrogen and oxygen atoms in total. The summed E-state index contributed by atoms with van der Waals surface area (Å²) >= 11 is 0. The number of rotatable bonds is 16. The molecule has 44 heavy (non-hydrogen) atoms. The Labute approximate surface area is 259 Å². The van der Waals surface area contributed by atoms with E-state index < -0.39 is 0 Å². The molecule has 0 fully saturated rings. The lowest BCUT2D eigenvalue weighted by atomic mass is 9.91. The van der Waals surface area contributed by atoms with Crippen LogP contribution in [0.4, 0.5) is 8.78 Å². The van der Waals surface area contributed by atoms with Crippen molar-refractivity contribution >= 4 is 0 Å². The maximum atomic E-state index is 13.6. The van der Waals surface area contributed by atoms with Gasteiger partial charge in [-0.25, -0.2) is 8.78 Å². The molecule has 232 valence electrons. The van der Waals surface area contributed by atoms with Gasteiger partial charge in [-0.2, -0.15) is 0 Å². The molecule has 0 heterocycles. The van der Waals surface area contributed by atoms with Gasteiger partial charge in [0.05, 0.1) is 0 Å². The van der Waals surface area contributed by atoms with Gasteiger partial charge < -0.3 is 19.7 Å². The average Bonchev–Trinajstić information content (AvgIpc) is 3.04. The van der Waals surface area contributed by atoms with E-state index in [1.165, 1.54) is 24.3 Å². The highest BCUT2D eigenvalue weighted by molar-refractivity contribution is 5.38. The number of aliphatic hydroxyl groups is 2. The monoisotopic (exact) mass is 600 g/mol. The second-order valence-electron chi connectivity index (χ2n) is 10.4. The molecule has 0 radical (unpaired) electrons. The van der Waals surface area contributed by atoms with Gasteiger partial charge in [0.2, 0.25) is 0 Å². The summed E-state index contributed by atoms with van der Waals surface area (Å²) in [6.07, 6.45) is 6.37. The lowest BCUT2D eigenvalue weighted by Crippen LogP contribution is -2.07. The number of aliphatic hydroxyl groups excluding tert-OH is 2. The van der Waals surface area contributed by atoms with Gasteiger partial charge in [0.25, 0.3) is 0 Å². The predicted octanol–water partition coefficient (Wildman–Crippen LogP) is 8.89. The summed E-state index contributed by atoms with van der Waals surface area (Å²) < 4.78 is 38.8. The third kappa shape index (κ3) is 11.1. The first-order valence-corrected chi connectivity index (χ1v) is 14.8. The number of allylic oxidation sites excluding steroid dienone is 2. The van der Waals surface area contributed by atoms with E-state index in [1.807, 2.05) is 72.8 Å². The van der Waals surface area contributed by atoms with Crippen LogP contribution in [0, 0.1) is 11.6 Å². The summed E-state index contributed by atoms with van der Waals surface area (Å²) in [6, 6.07) is 28.7. The molecule has 0 aliphatic heterocycles. The van der Waals surface area contributed by atoms with Crippen LogP contribution in [-0.2, 0) is 13.2 Å². The SMILES string of the molecule is C=CCC(CC=C)c1ccc(F)cc1OCc1ccccc1.OCCC(CCO)c1ccc(F)cc1OCc1ccccc1. The van der Waals surface area contributed by atoms with Crippen molar-refractivity contribution < 1.29 is 28.5 Å². The van der Waals surface area contributed by atoms with Crippen molar-refractivity contribution in [3.8, 4) is 11.5 Å². The standard InChI is InChI=1S/C20H21FO.C18H21FO3/c1-3-8-17(9-4-2)19-13-12-18(21)14-20(19)22-15-16-10-6-5-7-11-16;19-16-6-7-17(15(8-10-20)9-11-21)18(12-16)22-13-14-4-2-1-3-5-14/h3-7,10-14,17H,1-2,8-9,15H2;1-7,12,15,20-21H,8-11,13H2. The molecular weight excluding hydrogens is 558 g/mol. The minimum Gasteiger partial charge on any atom is -0.489 e. The lowest BCUT2D eigenvalue weighted by molar-refractivity contribution is 0.237. The largest absolute Gasteiger partial charge is 0.489 e. The van der Waals surface area contributed by atoms with Crippen molar-refractivity contribution in [1.82, 2.24) is 0 Å². The fraction of sp³-hybridized carbons (Fsp3) is 0.263. The molecule has 6 heteroatoms. The van der Waals surface area contributed by atoms with Gasteiger partial charge in [0.15, 0.2) is 0 Å². The predicted molar refractivity (Wildman–Crippen MR) is 173 cm³/mol. The Morgan fingerprint density at radius 3 is 1.39 bits per heavy atom. The van der Waals surface area contributed by atoms with Crippen molar-refractivity contribution in [3.63, 3.8) is 0 Å². The topological polar surface area (TPSA) is 58.9 Å². The second kappa shape index (κ2) is 19.1. The van der Waals surface area contributed by atoms with Gasteiger partial charge in [0, 0.05) is 25.3 Å². The average molecular weight is 601 g/mol. The molecule has 0 aliphatic rings. The number of hydrogen-bond acceptors (Lipinski definition) is 4. The Morgan fingerprint density at radius 1 is 0.591 bits per heavy atom. The van der Waals surface area contributed by atoms with Crippen LogP contribution >= 0.6 is 0 Å². The van der Waals surface area contributed by atoms with E-state index in [0.29, 0.717) is 37.6 Å². The van der Waals surface area contributed by atoms with Crippen molar-refractivity contribution in [2.45, 2.75) is 50.7 Å². The molecule has 0 spiro atoms. The number of hydrogen-bond donors (Lipinski definition) is 2. The number of ether oxygens (including phenoxy) is 2. The van der Waals surface area contributed by atoms with E-state index in [9.17, 15) is 19.0 Å². The van der Waals surface area contributed by atoms with Gasteiger partial charge >= 0.3 is 0 Å². The molecule has 4 aromatic carbocycles. The van der Waals surface area contributed by atoms with Gasteiger partial charge in [0.1, 0.15) is 36.3 Å². The molecule has 2 N–H and O–H groups in total. The summed E-state index contributed by atoms with van der Waals surface area (Å²) in [6.45, 7) is 8.40. The fourth-order valence-corrected chi connectivity index (χ4v) is 4.93. The highest BCUT2D eigenvalue weighted by Crippen LogP contribution is 2.34. The van der Waals surface area contributed by atoms with Gasteiger partial charge in [-0.15, -0.1) is 13.2 Å². The molecule has 0 atom stereocenters. The molecule has 4 aromatic rings. The Balaban J connectivity index is 0.000000240. The molecule has 0 saturated carbocycles. The quantitative estimate of drug-likeness (QED) is 0.126. The van der Waals surface area contributed by atoms with E-state index in [-0.39, 0.29) is 36.7 Å². The molecule has 0 aromatic heterocycles. The smallest absolute Gasteiger partial charge is 0.126 e. The third-order valence-corrected chi connectivity index (χ3v) is 7.16. The minimum absolute atomic E-state index is 0.0141. The molecule has 0 amide bonds. The highest BCUT2D eigenvalue weighted by Gasteiger charge is 2.17. The zero-order valence-electron chi connectivity index (χ0n) is 25.1. The first-order valence-electron chi connectivity index (χ1n) is 14.8. The van der Waals surface area contributed by atoms with E-state index >= 15 is 0 Å². The summed E-state index contributed by atoms with van der Waals surface area (Å²) in [5.74, 6) is 0.567. The van der Waals surface area contributed by atoms with Crippen LogP contribution in [0.5, 0.6) is 11.5 Å². The van der Waals surface area contributed by atoms with Crippen LogP contribution in [0.15, 0.2) is 122 Å². The van der Waals surface area contributed by atoms with Crippen molar-refractivity contribution in [1.29, 1.82) is 0 Å². The highest BCUT2D eigenvalue weighted by atomic mass is 19.1. The Kier molecular flexibility index (Phi) is 14.9. The fourth-order valence-electron chi connectivity index (χ4n) is 4.93. The van der Waals surface area contributed by atoms with Gasteiger partial charge in [-0.3, -0.25) is 0 Å². The molecular formula is C38H42F2O4. The zero-order valence-corrected chi connectivity index (χ0v) is 25.1. The Bertz CT molecular complexity index is 1390. The summed E-state index contributed by atoms with van der Waals surface area (Å²) in [5.41, 5.74) is 3.87. The maximum Gasteiger partial charge on any atom is 0.126 e. The number of halogens is 2. The Hall–Kier alpha value is -4.26. The molecule has 4 rings (SSSR count). The van der Waals surface area contributed by atoms with Crippen LogP contribution in [0.3, 0.4) is 0 Å². The van der Waals surface area contributed by atoms with Crippen LogP contribution in [0.1, 0.15) is 59.8 Å². The Morgan fingerprint density at radius 2 is 1.00 bits per heavy atom. The van der Waals surface area contributed by atoms with E-state index in [0.717, 1.165) is 35.1 Å². The second-order valence-corrected chi connectivity index (χ2v) is 10.4. The van der Waals surface area contributed by atoms with E-state index in [2.05, 4.69) is 13.2 Å². The van der Waals surface area contributed by atoms with Crippen LogP contribution in [0.25, 0.3) is 0 Å². The summed E-state index contributed by atoms with van der Waals surface area (Å²) in [5, 5.41) is 18.4. The lowest BCUT2D eigenvalue weighted by Gasteiger charge is -2.19. The van der Waals surface area contributed by atoms with Crippen molar-refractivity contribution in [2.75, 3.05) is 13.2 Å². The van der Waals surface area contributed by atoms with Gasteiger partial charge in [-0.1, -0.05) is 84.9 Å². The van der Waals surface area contributed by atoms with Crippen LogP contribution in [-0.4, -0.2) is 23.4 Å². The zero-order chi connectivity index (χ0) is 31.6. The number of benzene rings is 4. The third-order valence-electron chi connectivity index (χ3n) is 7.16. The maximum absolute atomic E-state index is 13.6. The summed E-state index contributed by atoms with van der Waals surface area (Å²) in [7, 11) is 0. The first-order chi connectivity index (χ1) is 21.5. The molecule has 0 aliphatic carbocycles. The normalized spacial score (nSPS) is 10.7. The molecule has 0 saturated heterocycles. The van der Waals surface area contributed by atoms with E-state index in [1.54, 1.807) is 12.1 Å². The van der Waals surface area contributed by atoms with Crippen molar-refractivity contribution in [3.05, 3.63) is 156 Å². The van der Waals surface area contributed by atoms with E-state index in [4.69, 9.17) is 9.47 Å². The van der Waals surface area contributed by atoms with Crippen LogP contribution in [0.2, 0.25) is 0 Å². The minimum atomic E-state index is -0.362. The molecule has 0 unspecified atom stereocenters. The summed E-state index contributed by atoms with van der Waals surface area (Å²) in [4.78, 5) is 0.